The van der Waals surface area contributed by atoms with Crippen LogP contribution in [0.2, 0.25) is 0 Å². The quantitative estimate of drug-likeness (QED) is 0.742. The highest BCUT2D eigenvalue weighted by atomic mass is 19.1. The van der Waals surface area contributed by atoms with Gasteiger partial charge in [0.05, 0.1) is 6.61 Å². The maximum atomic E-state index is 13.8. The van der Waals surface area contributed by atoms with Gasteiger partial charge < -0.3 is 19.8 Å². The van der Waals surface area contributed by atoms with E-state index in [2.05, 4.69) is 10.3 Å². The van der Waals surface area contributed by atoms with Crippen molar-refractivity contribution in [1.82, 2.24) is 10.3 Å². The van der Waals surface area contributed by atoms with Crippen molar-refractivity contribution in [2.24, 2.45) is 0 Å². The zero-order valence-electron chi connectivity index (χ0n) is 14.4. The van der Waals surface area contributed by atoms with Crippen LogP contribution in [0, 0.1) is 5.82 Å². The van der Waals surface area contributed by atoms with E-state index in [4.69, 9.17) is 9.47 Å². The van der Waals surface area contributed by atoms with Gasteiger partial charge in [-0.15, -0.1) is 0 Å². The Morgan fingerprint density at radius 3 is 2.96 bits per heavy atom. The van der Waals surface area contributed by atoms with Gasteiger partial charge in [-0.1, -0.05) is 18.2 Å². The van der Waals surface area contributed by atoms with Gasteiger partial charge in [-0.05, 0) is 41.6 Å². The molecule has 1 aromatic heterocycles. The number of pyridine rings is 1. The number of rotatable bonds is 4. The number of aromatic nitrogens is 1. The maximum Gasteiger partial charge on any atom is 0.267 e. The van der Waals surface area contributed by atoms with Crippen LogP contribution in [0.1, 0.15) is 21.6 Å². The van der Waals surface area contributed by atoms with E-state index in [-0.39, 0.29) is 30.4 Å². The van der Waals surface area contributed by atoms with Crippen LogP contribution in [0.5, 0.6) is 5.75 Å². The second kappa shape index (κ2) is 7.20. The number of ether oxygens (including phenoxy) is 2. The molecule has 3 aromatic rings. The van der Waals surface area contributed by atoms with E-state index in [0.717, 1.165) is 0 Å². The van der Waals surface area contributed by atoms with Crippen LogP contribution in [-0.4, -0.2) is 24.2 Å². The molecule has 0 spiro atoms. The lowest BCUT2D eigenvalue weighted by molar-refractivity contribution is -0.0172. The third-order valence-electron chi connectivity index (χ3n) is 4.43. The highest BCUT2D eigenvalue weighted by molar-refractivity contribution is 5.96. The third kappa shape index (κ3) is 3.54. The van der Waals surface area contributed by atoms with Gasteiger partial charge in [-0.25, -0.2) is 4.39 Å². The molecule has 0 fully saturated rings. The molecule has 2 aromatic carbocycles. The van der Waals surface area contributed by atoms with E-state index in [1.165, 1.54) is 12.1 Å². The van der Waals surface area contributed by atoms with E-state index >= 15 is 0 Å². The molecule has 0 aliphatic carbocycles. The monoisotopic (exact) mass is 368 g/mol. The predicted molar refractivity (Wildman–Crippen MR) is 97.3 cm³/mol. The van der Waals surface area contributed by atoms with Crippen molar-refractivity contribution in [2.45, 2.75) is 13.0 Å². The van der Waals surface area contributed by atoms with Crippen molar-refractivity contribution < 1.29 is 18.7 Å². The molecule has 2 heterocycles. The summed E-state index contributed by atoms with van der Waals surface area (Å²) in [5, 5.41) is 3.97. The van der Waals surface area contributed by atoms with Crippen LogP contribution >= 0.6 is 0 Å². The standard InChI is InChI=1S/C20H17FN2O4/c21-15-7-13(18-14(8-15)10-26-11-27-18)5-6-22-20(25)17-9-12-3-1-2-4-16(12)19(24)23-17/h1-4,7-9H,5-6,10-11H2,(H,22,25)(H,23,24). The zero-order chi connectivity index (χ0) is 18.8. The average Bonchev–Trinajstić information content (AvgIpc) is 2.67. The highest BCUT2D eigenvalue weighted by Gasteiger charge is 2.17. The van der Waals surface area contributed by atoms with Gasteiger partial charge in [-0.2, -0.15) is 0 Å². The van der Waals surface area contributed by atoms with Gasteiger partial charge in [0, 0.05) is 17.5 Å². The van der Waals surface area contributed by atoms with E-state index in [0.29, 0.717) is 40.7 Å². The van der Waals surface area contributed by atoms with Gasteiger partial charge >= 0.3 is 0 Å². The zero-order valence-corrected chi connectivity index (χ0v) is 14.4. The molecule has 4 rings (SSSR count). The molecule has 0 atom stereocenters. The number of fused-ring (bicyclic) bond motifs is 2. The average molecular weight is 368 g/mol. The Morgan fingerprint density at radius 1 is 1.22 bits per heavy atom. The predicted octanol–water partition coefficient (Wildman–Crippen LogP) is 2.51. The van der Waals surface area contributed by atoms with Crippen molar-refractivity contribution in [1.29, 1.82) is 0 Å². The summed E-state index contributed by atoms with van der Waals surface area (Å²) in [4.78, 5) is 27.1. The summed E-state index contributed by atoms with van der Waals surface area (Å²) in [5.41, 5.74) is 1.19. The fourth-order valence-electron chi connectivity index (χ4n) is 3.18. The van der Waals surface area contributed by atoms with Crippen molar-refractivity contribution in [3.63, 3.8) is 0 Å². The second-order valence-electron chi connectivity index (χ2n) is 6.27. The SMILES string of the molecule is O=C(NCCc1cc(F)cc2c1OCOC2)c1cc2ccccc2c(=O)[nH]1. The minimum atomic E-state index is -0.396. The van der Waals surface area contributed by atoms with Gasteiger partial charge in [0.25, 0.3) is 11.5 Å². The minimum absolute atomic E-state index is 0.121. The fourth-order valence-corrected chi connectivity index (χ4v) is 3.18. The van der Waals surface area contributed by atoms with E-state index in [9.17, 15) is 14.0 Å². The van der Waals surface area contributed by atoms with Crippen LogP contribution in [0.15, 0.2) is 47.3 Å². The number of benzene rings is 2. The van der Waals surface area contributed by atoms with Gasteiger partial charge in [0.2, 0.25) is 0 Å². The molecule has 2 N–H and O–H groups in total. The molecule has 0 saturated carbocycles. The number of hydrogen-bond donors (Lipinski definition) is 2. The number of nitrogens with one attached hydrogen (secondary N) is 2. The summed E-state index contributed by atoms with van der Waals surface area (Å²) in [6, 6.07) is 11.5. The van der Waals surface area contributed by atoms with Gasteiger partial charge in [0.1, 0.15) is 17.3 Å². The maximum absolute atomic E-state index is 13.8. The number of H-pyrrole nitrogens is 1. The summed E-state index contributed by atoms with van der Waals surface area (Å²) in [7, 11) is 0. The number of halogens is 1. The Hall–Kier alpha value is -3.19. The minimum Gasteiger partial charge on any atom is -0.467 e. The first kappa shape index (κ1) is 17.2. The molecule has 0 radical (unpaired) electrons. The molecular formula is C20H17FN2O4. The van der Waals surface area contributed by atoms with E-state index in [1.54, 1.807) is 30.3 Å². The van der Waals surface area contributed by atoms with E-state index in [1.807, 2.05) is 0 Å². The molecular weight excluding hydrogens is 351 g/mol. The number of amides is 1. The Balaban J connectivity index is 1.48. The Labute approximate surface area is 153 Å². The first-order valence-corrected chi connectivity index (χ1v) is 8.54. The van der Waals surface area contributed by atoms with Gasteiger partial charge in [0.15, 0.2) is 6.79 Å². The summed E-state index contributed by atoms with van der Waals surface area (Å²) < 4.78 is 24.4. The van der Waals surface area contributed by atoms with Crippen LogP contribution in [0.3, 0.4) is 0 Å². The molecule has 7 heteroatoms. The van der Waals surface area contributed by atoms with Crippen LogP contribution in [0.4, 0.5) is 4.39 Å². The lowest BCUT2D eigenvalue weighted by Gasteiger charge is -2.21. The first-order chi connectivity index (χ1) is 13.1. The third-order valence-corrected chi connectivity index (χ3v) is 4.43. The number of aromatic amines is 1. The lowest BCUT2D eigenvalue weighted by atomic mass is 10.1. The first-order valence-electron chi connectivity index (χ1n) is 8.54. The Bertz CT molecular complexity index is 1080. The molecule has 0 unspecified atom stereocenters. The summed E-state index contributed by atoms with van der Waals surface area (Å²) in [6.45, 7) is 0.689. The second-order valence-corrected chi connectivity index (χ2v) is 6.27. The molecule has 0 saturated heterocycles. The molecule has 0 bridgehead atoms. The van der Waals surface area contributed by atoms with E-state index < -0.39 is 5.91 Å². The highest BCUT2D eigenvalue weighted by Crippen LogP contribution is 2.29. The van der Waals surface area contributed by atoms with Crippen molar-refractivity contribution in [3.8, 4) is 5.75 Å². The van der Waals surface area contributed by atoms with Crippen molar-refractivity contribution >= 4 is 16.7 Å². The fraction of sp³-hybridized carbons (Fsp3) is 0.200. The number of carbonyl (C=O) groups is 1. The van der Waals surface area contributed by atoms with Crippen molar-refractivity contribution in [2.75, 3.05) is 13.3 Å². The van der Waals surface area contributed by atoms with Crippen molar-refractivity contribution in [3.05, 3.63) is 75.5 Å². The Morgan fingerprint density at radius 2 is 2.07 bits per heavy atom. The molecule has 138 valence electrons. The molecule has 1 aliphatic rings. The lowest BCUT2D eigenvalue weighted by Crippen LogP contribution is -2.28. The van der Waals surface area contributed by atoms with Crippen LogP contribution in [-0.2, 0) is 17.8 Å². The van der Waals surface area contributed by atoms with Gasteiger partial charge in [-0.3, -0.25) is 9.59 Å². The molecule has 1 amide bonds. The summed E-state index contributed by atoms with van der Waals surface area (Å²) in [5.74, 6) is -0.161. The molecule has 27 heavy (non-hydrogen) atoms. The largest absolute Gasteiger partial charge is 0.467 e. The topological polar surface area (TPSA) is 80.4 Å². The van der Waals surface area contributed by atoms with Crippen LogP contribution < -0.4 is 15.6 Å². The molecule has 6 nitrogen and oxygen atoms in total. The Kier molecular flexibility index (Phi) is 4.60. The number of hydrogen-bond acceptors (Lipinski definition) is 4. The normalized spacial score (nSPS) is 13.1. The summed E-state index contributed by atoms with van der Waals surface area (Å²) >= 11 is 0. The van der Waals surface area contributed by atoms with Crippen LogP contribution in [0.25, 0.3) is 10.8 Å². The summed E-state index contributed by atoms with van der Waals surface area (Å²) in [6.07, 6.45) is 0.393. The number of carbonyl (C=O) groups excluding carboxylic acids is 1. The smallest absolute Gasteiger partial charge is 0.267 e. The molecule has 1 aliphatic heterocycles.